The van der Waals surface area contributed by atoms with Crippen LogP contribution in [0.5, 0.6) is 0 Å². The van der Waals surface area contributed by atoms with Crippen molar-refractivity contribution in [2.45, 2.75) is 37.0 Å². The topological polar surface area (TPSA) is 52.7 Å². The van der Waals surface area contributed by atoms with Gasteiger partial charge in [-0.25, -0.2) is 0 Å². The highest BCUT2D eigenvalue weighted by molar-refractivity contribution is 7.12. The van der Waals surface area contributed by atoms with E-state index in [1.54, 1.807) is 0 Å². The number of likely N-dealkylation sites (tertiary alicyclic amines) is 1. The van der Waals surface area contributed by atoms with Gasteiger partial charge in [-0.3, -0.25) is 9.59 Å². The largest absolute Gasteiger partial charge is 0.355 e. The minimum Gasteiger partial charge on any atom is -0.355 e. The third-order valence-corrected chi connectivity index (χ3v) is 7.52. The predicted octanol–water partition coefficient (Wildman–Crippen LogP) is 3.48. The van der Waals surface area contributed by atoms with E-state index >= 15 is 0 Å². The molecule has 5 nitrogen and oxygen atoms in total. The standard InChI is InChI=1S/C24H31N3O2S/c1-26(2)14-11-25-22(28)16-18-17-24(20-7-4-3-6-19(18)20)9-12-27(13-10-24)23(29)21-8-5-15-30-21/h3-8,15,18H,9-14,16-17H2,1-2H3,(H,25,28). The minimum atomic E-state index is 0.0946. The zero-order chi connectivity index (χ0) is 21.1. The van der Waals surface area contributed by atoms with Crippen molar-refractivity contribution in [3.8, 4) is 0 Å². The number of nitrogens with zero attached hydrogens (tertiary/aromatic N) is 2. The number of hydrogen-bond donors (Lipinski definition) is 1. The van der Waals surface area contributed by atoms with Crippen LogP contribution in [0.3, 0.4) is 0 Å². The number of piperidine rings is 1. The van der Waals surface area contributed by atoms with Gasteiger partial charge in [0, 0.05) is 32.6 Å². The van der Waals surface area contributed by atoms with Crippen LogP contribution in [0.15, 0.2) is 41.8 Å². The van der Waals surface area contributed by atoms with E-state index < -0.39 is 0 Å². The summed E-state index contributed by atoms with van der Waals surface area (Å²) >= 11 is 1.51. The summed E-state index contributed by atoms with van der Waals surface area (Å²) in [6.07, 6.45) is 3.50. The van der Waals surface area contributed by atoms with Crippen LogP contribution < -0.4 is 5.32 Å². The molecule has 1 N–H and O–H groups in total. The molecule has 1 saturated heterocycles. The first-order valence-electron chi connectivity index (χ1n) is 10.8. The highest BCUT2D eigenvalue weighted by Gasteiger charge is 2.46. The van der Waals surface area contributed by atoms with Gasteiger partial charge in [-0.2, -0.15) is 0 Å². The summed E-state index contributed by atoms with van der Waals surface area (Å²) in [6, 6.07) is 12.5. The summed E-state index contributed by atoms with van der Waals surface area (Å²) in [6.45, 7) is 3.11. The molecule has 0 bridgehead atoms. The van der Waals surface area contributed by atoms with Gasteiger partial charge in [-0.1, -0.05) is 30.3 Å². The van der Waals surface area contributed by atoms with Crippen molar-refractivity contribution in [1.29, 1.82) is 0 Å². The second-order valence-corrected chi connectivity index (χ2v) is 9.84. The Kier molecular flexibility index (Phi) is 6.25. The van der Waals surface area contributed by atoms with Gasteiger partial charge in [0.25, 0.3) is 5.91 Å². The van der Waals surface area contributed by atoms with Gasteiger partial charge in [0.2, 0.25) is 5.91 Å². The Morgan fingerprint density at radius 2 is 1.93 bits per heavy atom. The van der Waals surface area contributed by atoms with Crippen molar-refractivity contribution < 1.29 is 9.59 Å². The Morgan fingerprint density at radius 3 is 2.63 bits per heavy atom. The normalized spacial score (nSPS) is 19.8. The lowest BCUT2D eigenvalue weighted by Gasteiger charge is -2.40. The zero-order valence-electron chi connectivity index (χ0n) is 17.9. The average Bonchev–Trinajstić information content (AvgIpc) is 3.36. The van der Waals surface area contributed by atoms with E-state index in [0.29, 0.717) is 13.0 Å². The summed E-state index contributed by atoms with van der Waals surface area (Å²) in [5, 5.41) is 5.03. The van der Waals surface area contributed by atoms with Crippen LogP contribution in [0.1, 0.15) is 52.4 Å². The maximum Gasteiger partial charge on any atom is 0.263 e. The molecular formula is C24H31N3O2S. The summed E-state index contributed by atoms with van der Waals surface area (Å²) in [5.41, 5.74) is 2.83. The molecule has 6 heteroatoms. The Hall–Kier alpha value is -2.18. The van der Waals surface area contributed by atoms with E-state index in [1.807, 2.05) is 36.5 Å². The quantitative estimate of drug-likeness (QED) is 0.771. The lowest BCUT2D eigenvalue weighted by Crippen LogP contribution is -2.44. The average molecular weight is 426 g/mol. The molecule has 30 heavy (non-hydrogen) atoms. The molecule has 2 aromatic rings. The number of amides is 2. The summed E-state index contributed by atoms with van der Waals surface area (Å²) in [4.78, 5) is 30.2. The van der Waals surface area contributed by atoms with Crippen LogP contribution in [0, 0.1) is 0 Å². The number of carbonyl (C=O) groups excluding carboxylic acids is 2. The number of hydrogen-bond acceptors (Lipinski definition) is 4. The third kappa shape index (κ3) is 4.30. The summed E-state index contributed by atoms with van der Waals surface area (Å²) in [5.74, 6) is 0.557. The lowest BCUT2D eigenvalue weighted by molar-refractivity contribution is -0.121. The maximum absolute atomic E-state index is 12.7. The first-order valence-corrected chi connectivity index (χ1v) is 11.7. The van der Waals surface area contributed by atoms with E-state index in [9.17, 15) is 9.59 Å². The number of nitrogens with one attached hydrogen (secondary N) is 1. The van der Waals surface area contributed by atoms with Gasteiger partial charge in [-0.15, -0.1) is 11.3 Å². The van der Waals surface area contributed by atoms with Gasteiger partial charge < -0.3 is 15.1 Å². The SMILES string of the molecule is CN(C)CCNC(=O)CC1CC2(CCN(C(=O)c3cccs3)CC2)c2ccccc21. The Bertz CT molecular complexity index is 886. The van der Waals surface area contributed by atoms with Crippen LogP contribution >= 0.6 is 11.3 Å². The first-order chi connectivity index (χ1) is 14.5. The zero-order valence-corrected chi connectivity index (χ0v) is 18.7. The van der Waals surface area contributed by atoms with E-state index in [-0.39, 0.29) is 23.1 Å². The molecule has 1 spiro atoms. The molecule has 1 aromatic carbocycles. The van der Waals surface area contributed by atoms with Crippen LogP contribution in [-0.4, -0.2) is 61.9 Å². The van der Waals surface area contributed by atoms with E-state index in [1.165, 1.54) is 22.5 Å². The van der Waals surface area contributed by atoms with Crippen LogP contribution in [0.4, 0.5) is 0 Å². The number of fused-ring (bicyclic) bond motifs is 2. The molecule has 0 radical (unpaired) electrons. The molecule has 2 aliphatic rings. The minimum absolute atomic E-state index is 0.0946. The van der Waals surface area contributed by atoms with Crippen molar-refractivity contribution in [1.82, 2.24) is 15.1 Å². The summed E-state index contributed by atoms with van der Waals surface area (Å²) < 4.78 is 0. The van der Waals surface area contributed by atoms with Gasteiger partial charge in [-0.05, 0) is 67.3 Å². The highest BCUT2D eigenvalue weighted by atomic mass is 32.1. The van der Waals surface area contributed by atoms with E-state index in [4.69, 9.17) is 0 Å². The fourth-order valence-corrected chi connectivity index (χ4v) is 5.78. The van der Waals surface area contributed by atoms with E-state index in [2.05, 4.69) is 34.5 Å². The fourth-order valence-electron chi connectivity index (χ4n) is 5.09. The predicted molar refractivity (Wildman–Crippen MR) is 121 cm³/mol. The maximum atomic E-state index is 12.7. The number of likely N-dealkylation sites (N-methyl/N-ethyl adjacent to an activating group) is 1. The van der Waals surface area contributed by atoms with Crippen LogP contribution in [0.25, 0.3) is 0 Å². The Balaban J connectivity index is 1.43. The van der Waals surface area contributed by atoms with Crippen molar-refractivity contribution in [2.75, 3.05) is 40.3 Å². The monoisotopic (exact) mass is 425 g/mol. The molecule has 1 aromatic heterocycles. The molecule has 1 aliphatic carbocycles. The first kappa shape index (κ1) is 21.1. The van der Waals surface area contributed by atoms with Crippen molar-refractivity contribution >= 4 is 23.2 Å². The van der Waals surface area contributed by atoms with E-state index in [0.717, 1.165) is 43.8 Å². The van der Waals surface area contributed by atoms with Gasteiger partial charge in [0.15, 0.2) is 0 Å². The molecule has 2 amide bonds. The lowest BCUT2D eigenvalue weighted by atomic mass is 9.73. The number of thiophene rings is 1. The van der Waals surface area contributed by atoms with Crippen molar-refractivity contribution in [3.05, 3.63) is 57.8 Å². The Labute approximate surface area is 183 Å². The molecule has 2 heterocycles. The molecule has 1 aliphatic heterocycles. The molecule has 4 rings (SSSR count). The van der Waals surface area contributed by atoms with Crippen LogP contribution in [-0.2, 0) is 10.2 Å². The number of benzene rings is 1. The summed E-state index contributed by atoms with van der Waals surface area (Å²) in [7, 11) is 4.03. The van der Waals surface area contributed by atoms with Crippen molar-refractivity contribution in [2.24, 2.45) is 0 Å². The molecular weight excluding hydrogens is 394 g/mol. The molecule has 1 atom stereocenters. The fraction of sp³-hybridized carbons (Fsp3) is 0.500. The highest BCUT2D eigenvalue weighted by Crippen LogP contribution is 2.52. The van der Waals surface area contributed by atoms with Gasteiger partial charge in [0.1, 0.15) is 0 Å². The van der Waals surface area contributed by atoms with Crippen molar-refractivity contribution in [3.63, 3.8) is 0 Å². The van der Waals surface area contributed by atoms with Crippen LogP contribution in [0.2, 0.25) is 0 Å². The smallest absolute Gasteiger partial charge is 0.263 e. The third-order valence-electron chi connectivity index (χ3n) is 6.66. The molecule has 0 saturated carbocycles. The second-order valence-electron chi connectivity index (χ2n) is 8.90. The second kappa shape index (κ2) is 8.90. The number of carbonyl (C=O) groups is 2. The Morgan fingerprint density at radius 1 is 1.17 bits per heavy atom. The van der Waals surface area contributed by atoms with Gasteiger partial charge in [0.05, 0.1) is 4.88 Å². The molecule has 1 unspecified atom stereocenters. The number of rotatable bonds is 6. The molecule has 1 fully saturated rings. The molecule has 160 valence electrons. The van der Waals surface area contributed by atoms with Gasteiger partial charge >= 0.3 is 0 Å².